The SMILES string of the molecule is Cc1ccc(/C=C2/SC(=O)N(CCCC(=O)N3CCN(c4cc5c(cc4F)c(=O)c(C(=O)O)cn5C4CC4)CC3)C2=O)cc1. The molecule has 3 fully saturated rings. The van der Waals surface area contributed by atoms with E-state index < -0.39 is 17.2 Å². The fraction of sp³-hybridized carbons (Fsp3) is 0.344. The van der Waals surface area contributed by atoms with Gasteiger partial charge in [0.2, 0.25) is 11.3 Å². The Morgan fingerprint density at radius 3 is 2.41 bits per heavy atom. The van der Waals surface area contributed by atoms with Gasteiger partial charge in [0, 0.05) is 56.8 Å². The molecule has 0 unspecified atom stereocenters. The normalized spacial score (nSPS) is 18.1. The average Bonchev–Trinajstić information content (AvgIpc) is 3.81. The number of rotatable bonds is 8. The highest BCUT2D eigenvalue weighted by atomic mass is 32.2. The number of benzene rings is 2. The largest absolute Gasteiger partial charge is 0.477 e. The van der Waals surface area contributed by atoms with Crippen molar-refractivity contribution in [2.75, 3.05) is 37.6 Å². The van der Waals surface area contributed by atoms with Gasteiger partial charge >= 0.3 is 5.97 Å². The Morgan fingerprint density at radius 1 is 1.05 bits per heavy atom. The van der Waals surface area contributed by atoms with E-state index in [-0.39, 0.29) is 47.0 Å². The first-order chi connectivity index (χ1) is 21.1. The van der Waals surface area contributed by atoms with Crippen molar-refractivity contribution in [2.24, 2.45) is 0 Å². The van der Waals surface area contributed by atoms with Crippen LogP contribution in [-0.2, 0) is 9.59 Å². The maximum Gasteiger partial charge on any atom is 0.341 e. The van der Waals surface area contributed by atoms with Gasteiger partial charge in [-0.2, -0.15) is 0 Å². The zero-order valence-corrected chi connectivity index (χ0v) is 24.9. The molecule has 2 aromatic carbocycles. The molecular weight excluding hydrogens is 587 g/mol. The number of aryl methyl sites for hydroxylation is 1. The number of hydrogen-bond acceptors (Lipinski definition) is 7. The fourth-order valence-corrected chi connectivity index (χ4v) is 6.52. The second-order valence-corrected chi connectivity index (χ2v) is 12.3. The number of carboxylic acids is 1. The minimum atomic E-state index is -1.34. The zero-order valence-electron chi connectivity index (χ0n) is 24.1. The van der Waals surface area contributed by atoms with Crippen LogP contribution in [0.2, 0.25) is 0 Å². The van der Waals surface area contributed by atoms with Crippen LogP contribution in [-0.4, -0.2) is 75.2 Å². The number of anilines is 1. The third-order valence-corrected chi connectivity index (χ3v) is 9.17. The molecular formula is C32H31FN4O6S. The molecule has 12 heteroatoms. The molecule has 3 aromatic rings. The first-order valence-electron chi connectivity index (χ1n) is 14.6. The van der Waals surface area contributed by atoms with Crippen LogP contribution in [0.4, 0.5) is 14.9 Å². The number of imide groups is 1. The molecule has 228 valence electrons. The zero-order chi connectivity index (χ0) is 31.1. The molecule has 0 bridgehead atoms. The number of nitrogens with zero attached hydrogens (tertiary/aromatic N) is 4. The van der Waals surface area contributed by atoms with Gasteiger partial charge in [0.1, 0.15) is 11.4 Å². The van der Waals surface area contributed by atoms with E-state index in [0.717, 1.165) is 41.8 Å². The topological polar surface area (TPSA) is 120 Å². The lowest BCUT2D eigenvalue weighted by molar-refractivity contribution is -0.132. The maximum absolute atomic E-state index is 15.3. The summed E-state index contributed by atoms with van der Waals surface area (Å²) in [7, 11) is 0. The molecule has 0 radical (unpaired) electrons. The minimum Gasteiger partial charge on any atom is -0.477 e. The summed E-state index contributed by atoms with van der Waals surface area (Å²) >= 11 is 0.898. The van der Waals surface area contributed by atoms with E-state index in [1.807, 2.05) is 36.1 Å². The first-order valence-corrected chi connectivity index (χ1v) is 15.4. The lowest BCUT2D eigenvalue weighted by atomic mass is 10.1. The highest BCUT2D eigenvalue weighted by Gasteiger charge is 2.35. The van der Waals surface area contributed by atoms with Crippen molar-refractivity contribution in [3.8, 4) is 0 Å². The van der Waals surface area contributed by atoms with E-state index in [1.54, 1.807) is 21.6 Å². The summed E-state index contributed by atoms with van der Waals surface area (Å²) in [4.78, 5) is 67.7. The summed E-state index contributed by atoms with van der Waals surface area (Å²) in [5.74, 6) is -2.42. The highest BCUT2D eigenvalue weighted by Crippen LogP contribution is 2.38. The van der Waals surface area contributed by atoms with Crippen LogP contribution in [0.25, 0.3) is 17.0 Å². The van der Waals surface area contributed by atoms with Crippen molar-refractivity contribution in [2.45, 2.75) is 38.6 Å². The third kappa shape index (κ3) is 5.86. The van der Waals surface area contributed by atoms with Gasteiger partial charge in [0.05, 0.1) is 16.1 Å². The number of carboxylic acid groups (broad SMARTS) is 1. The number of halogens is 1. The number of aromatic nitrogens is 1. The number of fused-ring (bicyclic) bond motifs is 1. The summed E-state index contributed by atoms with van der Waals surface area (Å²) in [6, 6.07) is 10.5. The number of hydrogen-bond donors (Lipinski definition) is 1. The van der Waals surface area contributed by atoms with Crippen LogP contribution in [0.1, 0.15) is 53.2 Å². The monoisotopic (exact) mass is 618 g/mol. The van der Waals surface area contributed by atoms with Crippen molar-refractivity contribution < 1.29 is 28.7 Å². The molecule has 1 aliphatic carbocycles. The molecule has 2 saturated heterocycles. The molecule has 0 atom stereocenters. The van der Waals surface area contributed by atoms with E-state index in [9.17, 15) is 29.1 Å². The van der Waals surface area contributed by atoms with Gasteiger partial charge < -0.3 is 19.5 Å². The van der Waals surface area contributed by atoms with Gasteiger partial charge in [-0.05, 0) is 61.7 Å². The van der Waals surface area contributed by atoms with Gasteiger partial charge in [0.25, 0.3) is 11.1 Å². The van der Waals surface area contributed by atoms with Gasteiger partial charge in [-0.25, -0.2) is 9.18 Å². The Hall–Kier alpha value is -4.45. The molecule has 3 heterocycles. The average molecular weight is 619 g/mol. The van der Waals surface area contributed by atoms with Crippen LogP contribution in [0.15, 0.2) is 52.3 Å². The number of thioether (sulfide) groups is 1. The summed E-state index contributed by atoms with van der Waals surface area (Å²) in [5.41, 5.74) is 1.65. The predicted octanol–water partition coefficient (Wildman–Crippen LogP) is 4.65. The minimum absolute atomic E-state index is 0.0398. The van der Waals surface area contributed by atoms with Crippen molar-refractivity contribution in [1.29, 1.82) is 0 Å². The standard InChI is InChI=1S/C32H31FN4O6S/c1-19-4-6-20(7-5-19)15-27-30(40)36(32(43)44-27)10-2-3-28(38)35-13-11-34(12-14-35)26-17-25-22(16-24(26)33)29(39)23(31(41)42)18-37(25)21-8-9-21/h4-7,15-18,21H,2-3,8-14H2,1H3,(H,41,42)/b27-15+. The molecule has 1 saturated carbocycles. The number of aromatic carboxylic acids is 1. The van der Waals surface area contributed by atoms with Crippen molar-refractivity contribution in [3.05, 3.63) is 80.2 Å². The van der Waals surface area contributed by atoms with E-state index in [0.29, 0.717) is 48.7 Å². The van der Waals surface area contributed by atoms with E-state index in [2.05, 4.69) is 0 Å². The molecule has 0 spiro atoms. The molecule has 1 aromatic heterocycles. The molecule has 44 heavy (non-hydrogen) atoms. The van der Waals surface area contributed by atoms with Crippen molar-refractivity contribution in [3.63, 3.8) is 0 Å². The number of carbonyl (C=O) groups excluding carboxylic acids is 3. The van der Waals surface area contributed by atoms with E-state index in [4.69, 9.17) is 0 Å². The number of carbonyl (C=O) groups is 4. The predicted molar refractivity (Wildman–Crippen MR) is 165 cm³/mol. The van der Waals surface area contributed by atoms with Crippen LogP contribution in [0.3, 0.4) is 0 Å². The Kier molecular flexibility index (Phi) is 8.02. The fourth-order valence-electron chi connectivity index (χ4n) is 5.66. The van der Waals surface area contributed by atoms with Gasteiger partial charge in [-0.3, -0.25) is 24.1 Å². The summed E-state index contributed by atoms with van der Waals surface area (Å²) in [6.07, 6.45) is 5.27. The maximum atomic E-state index is 15.3. The lowest BCUT2D eigenvalue weighted by Crippen LogP contribution is -2.49. The van der Waals surface area contributed by atoms with Crippen LogP contribution in [0, 0.1) is 12.7 Å². The summed E-state index contributed by atoms with van der Waals surface area (Å²) in [5, 5.41) is 9.16. The van der Waals surface area contributed by atoms with E-state index >= 15 is 4.39 Å². The molecule has 2 aliphatic heterocycles. The molecule has 10 nitrogen and oxygen atoms in total. The smallest absolute Gasteiger partial charge is 0.341 e. The molecule has 3 aliphatic rings. The van der Waals surface area contributed by atoms with Gasteiger partial charge in [0.15, 0.2) is 0 Å². The van der Waals surface area contributed by atoms with Crippen LogP contribution in [0.5, 0.6) is 0 Å². The molecule has 3 amide bonds. The highest BCUT2D eigenvalue weighted by molar-refractivity contribution is 8.18. The Bertz CT molecular complexity index is 1770. The Morgan fingerprint density at radius 2 is 1.75 bits per heavy atom. The van der Waals surface area contributed by atoms with Gasteiger partial charge in [-0.1, -0.05) is 29.8 Å². The number of piperazine rings is 1. The van der Waals surface area contributed by atoms with E-state index in [1.165, 1.54) is 11.1 Å². The molecule has 6 rings (SSSR count). The third-order valence-electron chi connectivity index (χ3n) is 8.27. The molecule has 1 N–H and O–H groups in total. The first kappa shape index (κ1) is 29.6. The number of amides is 3. The number of pyridine rings is 1. The Labute approximate surface area is 256 Å². The summed E-state index contributed by atoms with van der Waals surface area (Å²) < 4.78 is 17.0. The van der Waals surface area contributed by atoms with Crippen molar-refractivity contribution >= 4 is 57.5 Å². The second-order valence-electron chi connectivity index (χ2n) is 11.4. The Balaban J connectivity index is 1.06. The second kappa shape index (κ2) is 11.9. The van der Waals surface area contributed by atoms with Gasteiger partial charge in [-0.15, -0.1) is 0 Å². The van der Waals surface area contributed by atoms with Crippen LogP contribution >= 0.6 is 11.8 Å². The quantitative estimate of drug-likeness (QED) is 0.363. The summed E-state index contributed by atoms with van der Waals surface area (Å²) in [6.45, 7) is 3.61. The van der Waals surface area contributed by atoms with Crippen molar-refractivity contribution in [1.82, 2.24) is 14.4 Å². The lowest BCUT2D eigenvalue weighted by Gasteiger charge is -2.36. The van der Waals surface area contributed by atoms with Crippen LogP contribution < -0.4 is 10.3 Å².